The summed E-state index contributed by atoms with van der Waals surface area (Å²) >= 11 is 1.43. The number of fused-ring (bicyclic) bond motifs is 5. The molecule has 13 nitrogen and oxygen atoms in total. The molecule has 2 saturated carbocycles. The number of rotatable bonds is 6. The van der Waals surface area contributed by atoms with Crippen molar-refractivity contribution in [2.45, 2.75) is 121 Å². The van der Waals surface area contributed by atoms with Gasteiger partial charge in [-0.05, 0) is 67.1 Å². The molecule has 5 aliphatic rings. The number of benzene rings is 1. The quantitative estimate of drug-likeness (QED) is 0.370. The Kier molecular flexibility index (Phi) is 9.64. The second kappa shape index (κ2) is 13.8. The molecule has 3 fully saturated rings. The fraction of sp³-hybridized carbons (Fsp3) is 0.595. The zero-order chi connectivity index (χ0) is 37.0. The SMILES string of the molecule is C=C[C@H]1CC1(NC(=O)[C@@H]1C[C@@H]2CN1C(=O)[C@H](C(C)(C)C)Nc1nc(cs1)CCCCCc1cccc3c1CN(C3)C(=O)O2)C(=O)NS(=O)(=O)C1CC1. The zero-order valence-corrected chi connectivity index (χ0v) is 31.6. The van der Waals surface area contributed by atoms with E-state index in [-0.39, 0.29) is 25.3 Å². The van der Waals surface area contributed by atoms with Crippen LogP contribution in [-0.2, 0) is 55.1 Å². The van der Waals surface area contributed by atoms with Crippen molar-refractivity contribution in [1.82, 2.24) is 24.8 Å². The number of carbonyl (C=O) groups excluding carboxylic acids is 4. The topological polar surface area (TPSA) is 167 Å². The normalized spacial score (nSPS) is 28.1. The second-order valence-electron chi connectivity index (χ2n) is 16.0. The van der Waals surface area contributed by atoms with Gasteiger partial charge in [0.1, 0.15) is 23.7 Å². The van der Waals surface area contributed by atoms with Crippen LogP contribution in [0, 0.1) is 11.3 Å². The molecule has 280 valence electrons. The van der Waals surface area contributed by atoms with Gasteiger partial charge in [0.15, 0.2) is 5.13 Å². The second-order valence-corrected chi connectivity index (χ2v) is 18.8. The van der Waals surface area contributed by atoms with E-state index in [2.05, 4.69) is 28.0 Å². The lowest BCUT2D eigenvalue weighted by molar-refractivity contribution is -0.141. The minimum atomic E-state index is -3.88. The number of aryl methyl sites for hydroxylation is 2. The van der Waals surface area contributed by atoms with Crippen molar-refractivity contribution >= 4 is 50.3 Å². The van der Waals surface area contributed by atoms with E-state index in [0.29, 0.717) is 31.1 Å². The molecule has 2 aliphatic carbocycles. The van der Waals surface area contributed by atoms with Crippen molar-refractivity contribution in [1.29, 1.82) is 0 Å². The van der Waals surface area contributed by atoms with Crippen LogP contribution in [0.3, 0.4) is 0 Å². The molecule has 4 amide bonds. The van der Waals surface area contributed by atoms with Crippen LogP contribution >= 0.6 is 11.3 Å². The Balaban J connectivity index is 1.17. The van der Waals surface area contributed by atoms with Crippen molar-refractivity contribution in [2.75, 3.05) is 11.9 Å². The summed E-state index contributed by atoms with van der Waals surface area (Å²) in [5.74, 6) is -2.31. The summed E-state index contributed by atoms with van der Waals surface area (Å²) < 4.78 is 33.6. The summed E-state index contributed by atoms with van der Waals surface area (Å²) in [5.41, 5.74) is 2.28. The van der Waals surface area contributed by atoms with E-state index < -0.39 is 68.2 Å². The lowest BCUT2D eigenvalue weighted by Gasteiger charge is -2.35. The van der Waals surface area contributed by atoms with Crippen molar-refractivity contribution in [3.8, 4) is 0 Å². The molecule has 1 unspecified atom stereocenters. The fourth-order valence-electron chi connectivity index (χ4n) is 7.69. The van der Waals surface area contributed by atoms with Gasteiger partial charge in [0.25, 0.3) is 5.91 Å². The predicted octanol–water partition coefficient (Wildman–Crippen LogP) is 4.03. The summed E-state index contributed by atoms with van der Waals surface area (Å²) in [6.45, 7) is 10.4. The number of nitrogens with zero attached hydrogens (tertiary/aromatic N) is 3. The summed E-state index contributed by atoms with van der Waals surface area (Å²) in [5, 5.41) is 8.16. The average molecular weight is 753 g/mol. The standard InChI is InChI=1S/C37H48N6O7S2/c1-5-24-17-37(24,33(46)41-52(48,49)27-14-15-27)40-31(44)29-16-26-19-43(29)32(45)30(36(2,3)4)39-34-38-25(21-51-34)13-8-6-7-10-22-11-9-12-23-18-42(20-28(22)23)35(47)50-26/h5,9,11-12,21,24,26-27,29-30H,1,6-8,10,13-20H2,2-4H3,(H,38,39)(H,40,44)(H,41,46)/t24-,26+,29-,30+,37?/m0/s1. The Hall–Kier alpha value is -3.98. The lowest BCUT2D eigenvalue weighted by atomic mass is 9.85. The van der Waals surface area contributed by atoms with Crippen LogP contribution in [0.5, 0.6) is 0 Å². The first-order valence-corrected chi connectivity index (χ1v) is 20.7. The maximum absolute atomic E-state index is 14.6. The number of hydrogen-bond acceptors (Lipinski definition) is 10. The summed E-state index contributed by atoms with van der Waals surface area (Å²) in [7, 11) is -3.88. The molecular formula is C37H48N6O7S2. The maximum atomic E-state index is 14.6. The van der Waals surface area contributed by atoms with E-state index in [1.807, 2.05) is 38.3 Å². The van der Waals surface area contributed by atoms with Crippen molar-refractivity contribution in [2.24, 2.45) is 11.3 Å². The molecule has 3 aliphatic heterocycles. The molecule has 6 bridgehead atoms. The number of carbonyl (C=O) groups is 4. The molecule has 3 N–H and O–H groups in total. The molecule has 15 heteroatoms. The first-order chi connectivity index (χ1) is 24.7. The third kappa shape index (κ3) is 7.30. The molecule has 2 aromatic rings. The highest BCUT2D eigenvalue weighted by atomic mass is 32.2. The fourth-order valence-corrected chi connectivity index (χ4v) is 9.83. The van der Waals surface area contributed by atoms with Gasteiger partial charge in [0.05, 0.1) is 17.5 Å². The highest BCUT2D eigenvalue weighted by molar-refractivity contribution is 7.91. The van der Waals surface area contributed by atoms with Crippen molar-refractivity contribution in [3.05, 3.63) is 58.6 Å². The first-order valence-electron chi connectivity index (χ1n) is 18.3. The largest absolute Gasteiger partial charge is 0.444 e. The highest BCUT2D eigenvalue weighted by Gasteiger charge is 2.62. The number of anilines is 1. The average Bonchev–Trinajstić information content (AvgIpc) is 3.90. The predicted molar refractivity (Wildman–Crippen MR) is 196 cm³/mol. The van der Waals surface area contributed by atoms with Crippen LogP contribution in [0.4, 0.5) is 9.93 Å². The Morgan fingerprint density at radius 1 is 1.12 bits per heavy atom. The van der Waals surface area contributed by atoms with Crippen LogP contribution in [0.2, 0.25) is 0 Å². The van der Waals surface area contributed by atoms with Gasteiger partial charge in [-0.25, -0.2) is 18.2 Å². The van der Waals surface area contributed by atoms with Crippen LogP contribution in [0.15, 0.2) is 36.2 Å². The number of aromatic nitrogens is 1. The number of hydrogen-bond donors (Lipinski definition) is 3. The van der Waals surface area contributed by atoms with Gasteiger partial charge in [-0.1, -0.05) is 51.5 Å². The molecule has 52 heavy (non-hydrogen) atoms. The van der Waals surface area contributed by atoms with Gasteiger partial charge in [-0.15, -0.1) is 17.9 Å². The van der Waals surface area contributed by atoms with Gasteiger partial charge in [-0.2, -0.15) is 0 Å². The minimum Gasteiger partial charge on any atom is -0.444 e. The van der Waals surface area contributed by atoms with Gasteiger partial charge in [-0.3, -0.25) is 24.0 Å². The van der Waals surface area contributed by atoms with E-state index in [9.17, 15) is 27.6 Å². The molecule has 1 aromatic heterocycles. The molecule has 0 spiro atoms. The molecule has 5 atom stereocenters. The molecule has 1 saturated heterocycles. The molecule has 7 rings (SSSR count). The number of sulfonamides is 1. The Morgan fingerprint density at radius 2 is 1.87 bits per heavy atom. The Bertz CT molecular complexity index is 1890. The third-order valence-electron chi connectivity index (χ3n) is 11.0. The number of thiazole rings is 1. The van der Waals surface area contributed by atoms with Crippen LogP contribution in [-0.4, -0.2) is 82.5 Å². The smallest absolute Gasteiger partial charge is 0.410 e. The number of nitrogens with one attached hydrogen (secondary N) is 3. The third-order valence-corrected chi connectivity index (χ3v) is 13.7. The van der Waals surface area contributed by atoms with Gasteiger partial charge >= 0.3 is 6.09 Å². The van der Waals surface area contributed by atoms with Crippen molar-refractivity contribution in [3.63, 3.8) is 0 Å². The monoisotopic (exact) mass is 752 g/mol. The number of amides is 4. The first kappa shape index (κ1) is 36.4. The Labute approximate surface area is 309 Å². The maximum Gasteiger partial charge on any atom is 0.410 e. The van der Waals surface area contributed by atoms with Gasteiger partial charge in [0.2, 0.25) is 21.8 Å². The summed E-state index contributed by atoms with van der Waals surface area (Å²) in [4.78, 5) is 63.9. The van der Waals surface area contributed by atoms with Crippen LogP contribution in [0.25, 0.3) is 0 Å². The van der Waals surface area contributed by atoms with E-state index >= 15 is 0 Å². The van der Waals surface area contributed by atoms with E-state index in [1.54, 1.807) is 4.90 Å². The molecule has 4 heterocycles. The summed E-state index contributed by atoms with van der Waals surface area (Å²) in [6, 6.07) is 4.29. The van der Waals surface area contributed by atoms with Gasteiger partial charge in [0, 0.05) is 30.8 Å². The lowest BCUT2D eigenvalue weighted by Crippen LogP contribution is -2.58. The Morgan fingerprint density at radius 3 is 2.58 bits per heavy atom. The van der Waals surface area contributed by atoms with E-state index in [4.69, 9.17) is 9.72 Å². The number of ether oxygens (including phenoxy) is 1. The zero-order valence-electron chi connectivity index (χ0n) is 30.0. The van der Waals surface area contributed by atoms with Crippen molar-refractivity contribution < 1.29 is 32.3 Å². The minimum absolute atomic E-state index is 0.00441. The summed E-state index contributed by atoms with van der Waals surface area (Å²) in [6.07, 6.45) is 6.08. The molecule has 0 radical (unpaired) electrons. The van der Waals surface area contributed by atoms with E-state index in [0.717, 1.165) is 48.9 Å². The molecule has 1 aromatic carbocycles. The molecular weight excluding hydrogens is 705 g/mol. The van der Waals surface area contributed by atoms with Gasteiger partial charge < -0.3 is 20.3 Å². The van der Waals surface area contributed by atoms with E-state index in [1.165, 1.54) is 27.9 Å². The van der Waals surface area contributed by atoms with Crippen LogP contribution in [0.1, 0.15) is 88.1 Å². The van der Waals surface area contributed by atoms with Crippen LogP contribution < -0.4 is 15.4 Å². The highest BCUT2D eigenvalue weighted by Crippen LogP contribution is 2.45.